The first kappa shape index (κ1) is 17.7. The van der Waals surface area contributed by atoms with Gasteiger partial charge < -0.3 is 5.32 Å². The van der Waals surface area contributed by atoms with Crippen LogP contribution in [0.4, 0.5) is 5.69 Å². The van der Waals surface area contributed by atoms with Crippen molar-refractivity contribution >= 4 is 11.6 Å². The first-order valence-electron chi connectivity index (χ1n) is 9.29. The highest BCUT2D eigenvalue weighted by Crippen LogP contribution is 2.22. The number of anilines is 1. The number of nitrogens with one attached hydrogen (secondary N) is 1. The largest absolute Gasteiger partial charge is 0.326 e. The lowest BCUT2D eigenvalue weighted by Crippen LogP contribution is -2.40. The SMILES string of the molecule is CC(C)c1ccc(NC(=O)[C@H]2CCCN(Cc3ccccc3)C2)cc1. The summed E-state index contributed by atoms with van der Waals surface area (Å²) in [6.45, 7) is 7.19. The number of likely N-dealkylation sites (tertiary alicyclic amines) is 1. The van der Waals surface area contributed by atoms with Crippen LogP contribution in [0.2, 0.25) is 0 Å². The highest BCUT2D eigenvalue weighted by atomic mass is 16.1. The van der Waals surface area contributed by atoms with Crippen LogP contribution in [0.5, 0.6) is 0 Å². The van der Waals surface area contributed by atoms with E-state index in [1.165, 1.54) is 11.1 Å². The van der Waals surface area contributed by atoms with Gasteiger partial charge in [0.25, 0.3) is 0 Å². The Labute approximate surface area is 151 Å². The van der Waals surface area contributed by atoms with Gasteiger partial charge in [-0.1, -0.05) is 56.3 Å². The summed E-state index contributed by atoms with van der Waals surface area (Å²) < 4.78 is 0. The van der Waals surface area contributed by atoms with Gasteiger partial charge in [-0.25, -0.2) is 0 Å². The number of hydrogen-bond acceptors (Lipinski definition) is 2. The Bertz CT molecular complexity index is 679. The van der Waals surface area contributed by atoms with Gasteiger partial charge in [-0.05, 0) is 48.6 Å². The van der Waals surface area contributed by atoms with Crippen molar-refractivity contribution in [3.8, 4) is 0 Å². The lowest BCUT2D eigenvalue weighted by Gasteiger charge is -2.32. The number of rotatable bonds is 5. The minimum absolute atomic E-state index is 0.0715. The number of amides is 1. The van der Waals surface area contributed by atoms with Crippen LogP contribution in [-0.4, -0.2) is 23.9 Å². The lowest BCUT2D eigenvalue weighted by molar-refractivity contribution is -0.121. The second-order valence-corrected chi connectivity index (χ2v) is 7.33. The average Bonchev–Trinajstić information content (AvgIpc) is 2.63. The molecule has 1 amide bonds. The number of piperidine rings is 1. The molecule has 0 aromatic heterocycles. The molecule has 1 saturated heterocycles. The number of nitrogens with zero attached hydrogens (tertiary/aromatic N) is 1. The maximum Gasteiger partial charge on any atom is 0.228 e. The molecule has 132 valence electrons. The van der Waals surface area contributed by atoms with E-state index in [1.807, 2.05) is 18.2 Å². The van der Waals surface area contributed by atoms with Crippen molar-refractivity contribution in [1.82, 2.24) is 4.90 Å². The van der Waals surface area contributed by atoms with Crippen molar-refractivity contribution in [2.75, 3.05) is 18.4 Å². The van der Waals surface area contributed by atoms with Gasteiger partial charge in [0.15, 0.2) is 0 Å². The molecule has 1 heterocycles. The molecule has 1 atom stereocenters. The third-order valence-corrected chi connectivity index (χ3v) is 4.97. The first-order chi connectivity index (χ1) is 12.1. The van der Waals surface area contributed by atoms with Crippen LogP contribution in [-0.2, 0) is 11.3 Å². The van der Waals surface area contributed by atoms with E-state index in [0.29, 0.717) is 5.92 Å². The molecule has 25 heavy (non-hydrogen) atoms. The van der Waals surface area contributed by atoms with Gasteiger partial charge in [0.2, 0.25) is 5.91 Å². The monoisotopic (exact) mass is 336 g/mol. The Kier molecular flexibility index (Phi) is 5.87. The predicted octanol–water partition coefficient (Wildman–Crippen LogP) is 4.66. The maximum atomic E-state index is 12.6. The highest BCUT2D eigenvalue weighted by molar-refractivity contribution is 5.92. The van der Waals surface area contributed by atoms with E-state index in [-0.39, 0.29) is 11.8 Å². The molecular weight excluding hydrogens is 308 g/mol. The van der Waals surface area contributed by atoms with Crippen LogP contribution >= 0.6 is 0 Å². The predicted molar refractivity (Wildman–Crippen MR) is 104 cm³/mol. The molecule has 1 aliphatic heterocycles. The molecule has 2 aromatic carbocycles. The van der Waals surface area contributed by atoms with Gasteiger partial charge >= 0.3 is 0 Å². The molecule has 1 fully saturated rings. The molecule has 3 rings (SSSR count). The van der Waals surface area contributed by atoms with Gasteiger partial charge in [-0.2, -0.15) is 0 Å². The molecule has 3 nitrogen and oxygen atoms in total. The topological polar surface area (TPSA) is 32.3 Å². The summed E-state index contributed by atoms with van der Waals surface area (Å²) >= 11 is 0. The van der Waals surface area contributed by atoms with Crippen LogP contribution in [0.25, 0.3) is 0 Å². The van der Waals surface area contributed by atoms with Crippen LogP contribution in [0.15, 0.2) is 54.6 Å². The van der Waals surface area contributed by atoms with E-state index in [0.717, 1.165) is 38.2 Å². The van der Waals surface area contributed by atoms with Crippen molar-refractivity contribution in [1.29, 1.82) is 0 Å². The summed E-state index contributed by atoms with van der Waals surface area (Å²) in [6, 6.07) is 18.7. The van der Waals surface area contributed by atoms with Crippen molar-refractivity contribution in [3.63, 3.8) is 0 Å². The Morgan fingerprint density at radius 3 is 2.52 bits per heavy atom. The van der Waals surface area contributed by atoms with Crippen molar-refractivity contribution < 1.29 is 4.79 Å². The first-order valence-corrected chi connectivity index (χ1v) is 9.29. The summed E-state index contributed by atoms with van der Waals surface area (Å²) in [5.74, 6) is 0.729. The number of carbonyl (C=O) groups is 1. The Hall–Kier alpha value is -2.13. The molecule has 0 bridgehead atoms. The van der Waals surface area contributed by atoms with E-state index in [1.54, 1.807) is 0 Å². The second kappa shape index (κ2) is 8.30. The molecule has 2 aromatic rings. The fourth-order valence-corrected chi connectivity index (χ4v) is 3.45. The Morgan fingerprint density at radius 2 is 1.84 bits per heavy atom. The molecular formula is C22H28N2O. The van der Waals surface area contributed by atoms with Gasteiger partial charge in [-0.15, -0.1) is 0 Å². The minimum atomic E-state index is 0.0715. The van der Waals surface area contributed by atoms with E-state index >= 15 is 0 Å². The van der Waals surface area contributed by atoms with Gasteiger partial charge in [0, 0.05) is 18.8 Å². The van der Waals surface area contributed by atoms with Crippen molar-refractivity contribution in [2.24, 2.45) is 5.92 Å². The number of hydrogen-bond donors (Lipinski definition) is 1. The molecule has 1 N–H and O–H groups in total. The molecule has 1 aliphatic rings. The normalized spacial score (nSPS) is 18.3. The smallest absolute Gasteiger partial charge is 0.228 e. The molecule has 3 heteroatoms. The summed E-state index contributed by atoms with van der Waals surface area (Å²) in [5, 5.41) is 3.10. The fraction of sp³-hybridized carbons (Fsp3) is 0.409. The van der Waals surface area contributed by atoms with Crippen LogP contribution in [0, 0.1) is 5.92 Å². The average molecular weight is 336 g/mol. The Morgan fingerprint density at radius 1 is 1.12 bits per heavy atom. The third-order valence-electron chi connectivity index (χ3n) is 4.97. The van der Waals surface area contributed by atoms with Crippen molar-refractivity contribution in [3.05, 3.63) is 65.7 Å². The summed E-state index contributed by atoms with van der Waals surface area (Å²) in [4.78, 5) is 15.0. The van der Waals surface area contributed by atoms with Gasteiger partial charge in [0.05, 0.1) is 5.92 Å². The van der Waals surface area contributed by atoms with Crippen LogP contribution < -0.4 is 5.32 Å². The zero-order chi connectivity index (χ0) is 17.6. The minimum Gasteiger partial charge on any atom is -0.326 e. The van der Waals surface area contributed by atoms with E-state index in [9.17, 15) is 4.79 Å². The molecule has 0 unspecified atom stereocenters. The number of carbonyl (C=O) groups excluding carboxylic acids is 1. The van der Waals surface area contributed by atoms with E-state index in [2.05, 4.69) is 60.5 Å². The molecule has 0 aliphatic carbocycles. The summed E-state index contributed by atoms with van der Waals surface area (Å²) in [7, 11) is 0. The third kappa shape index (κ3) is 4.93. The van der Waals surface area contributed by atoms with Crippen molar-refractivity contribution in [2.45, 2.75) is 39.2 Å². The Balaban J connectivity index is 1.56. The standard InChI is InChI=1S/C22H28N2O/c1-17(2)19-10-12-21(13-11-19)23-22(25)20-9-6-14-24(16-20)15-18-7-4-3-5-8-18/h3-5,7-8,10-13,17,20H,6,9,14-16H2,1-2H3,(H,23,25)/t20-/m0/s1. The quantitative estimate of drug-likeness (QED) is 0.861. The van der Waals surface area contributed by atoms with E-state index < -0.39 is 0 Å². The van der Waals surface area contributed by atoms with Crippen LogP contribution in [0.1, 0.15) is 43.7 Å². The highest BCUT2D eigenvalue weighted by Gasteiger charge is 2.25. The summed E-state index contributed by atoms with van der Waals surface area (Å²) in [5.41, 5.74) is 3.51. The van der Waals surface area contributed by atoms with Gasteiger partial charge in [0.1, 0.15) is 0 Å². The van der Waals surface area contributed by atoms with Crippen LogP contribution in [0.3, 0.4) is 0 Å². The zero-order valence-corrected chi connectivity index (χ0v) is 15.2. The number of benzene rings is 2. The molecule has 0 radical (unpaired) electrons. The second-order valence-electron chi connectivity index (χ2n) is 7.33. The lowest BCUT2D eigenvalue weighted by atomic mass is 9.96. The summed E-state index contributed by atoms with van der Waals surface area (Å²) in [6.07, 6.45) is 2.05. The van der Waals surface area contributed by atoms with Gasteiger partial charge in [-0.3, -0.25) is 9.69 Å². The molecule has 0 spiro atoms. The fourth-order valence-electron chi connectivity index (χ4n) is 3.45. The molecule has 0 saturated carbocycles. The zero-order valence-electron chi connectivity index (χ0n) is 15.2. The van der Waals surface area contributed by atoms with E-state index in [4.69, 9.17) is 0 Å². The maximum absolute atomic E-state index is 12.6.